The van der Waals surface area contributed by atoms with Gasteiger partial charge < -0.3 is 4.90 Å². The van der Waals surface area contributed by atoms with Crippen LogP contribution in [0.1, 0.15) is 39.1 Å². The van der Waals surface area contributed by atoms with Gasteiger partial charge in [-0.25, -0.2) is 4.98 Å². The molecule has 2 saturated heterocycles. The first kappa shape index (κ1) is 20.3. The van der Waals surface area contributed by atoms with E-state index in [0.717, 1.165) is 42.5 Å². The monoisotopic (exact) mass is 434 g/mol. The lowest BCUT2D eigenvalue weighted by Gasteiger charge is -2.35. The number of imide groups is 2. The van der Waals surface area contributed by atoms with E-state index in [9.17, 15) is 19.2 Å². The third kappa shape index (κ3) is 3.62. The lowest BCUT2D eigenvalue weighted by molar-refractivity contribution is -0.136. The minimum Gasteiger partial charge on any atom is -0.353 e. The first-order valence-electron chi connectivity index (χ1n) is 10.6. The topological polar surface area (TPSA) is 116 Å². The van der Waals surface area contributed by atoms with Crippen LogP contribution in [0.2, 0.25) is 0 Å². The molecule has 0 saturated carbocycles. The van der Waals surface area contributed by atoms with Crippen molar-refractivity contribution in [2.24, 2.45) is 0 Å². The van der Waals surface area contributed by atoms with Crippen molar-refractivity contribution in [1.29, 1.82) is 0 Å². The molecule has 10 nitrogen and oxygen atoms in total. The smallest absolute Gasteiger partial charge is 0.262 e. The number of piperazine rings is 1. The Balaban J connectivity index is 1.26. The van der Waals surface area contributed by atoms with E-state index >= 15 is 0 Å². The first-order valence-corrected chi connectivity index (χ1v) is 10.6. The minimum atomic E-state index is -0.947. The molecule has 1 atom stereocenters. The van der Waals surface area contributed by atoms with Crippen LogP contribution in [-0.4, -0.2) is 75.6 Å². The molecule has 1 aromatic carbocycles. The standard InChI is InChI=1S/C22H22N6O4/c29-19-4-3-17(20(30)25-19)28-21(31)15-2-1-14(11-16(15)22(28)32)13-26-7-9-27(10-8-26)18-12-23-5-6-24-18/h1-2,5-6,11-12,17H,3-4,7-10,13H2,(H,25,29,30). The maximum atomic E-state index is 13.0. The summed E-state index contributed by atoms with van der Waals surface area (Å²) >= 11 is 0. The van der Waals surface area contributed by atoms with Crippen molar-refractivity contribution < 1.29 is 19.2 Å². The zero-order valence-electron chi connectivity index (χ0n) is 17.4. The third-order valence-corrected chi connectivity index (χ3v) is 6.16. The van der Waals surface area contributed by atoms with Gasteiger partial charge in [0.25, 0.3) is 11.8 Å². The highest BCUT2D eigenvalue weighted by molar-refractivity contribution is 6.23. The van der Waals surface area contributed by atoms with Crippen LogP contribution in [0.25, 0.3) is 0 Å². The number of piperidine rings is 1. The van der Waals surface area contributed by atoms with Gasteiger partial charge >= 0.3 is 0 Å². The van der Waals surface area contributed by atoms with Crippen molar-refractivity contribution in [2.75, 3.05) is 31.1 Å². The molecule has 0 spiro atoms. The number of hydrogen-bond acceptors (Lipinski definition) is 8. The molecule has 32 heavy (non-hydrogen) atoms. The normalized spacial score (nSPS) is 21.7. The Labute approximate surface area is 184 Å². The molecule has 10 heteroatoms. The number of nitrogens with zero attached hydrogens (tertiary/aromatic N) is 5. The molecule has 5 rings (SSSR count). The number of fused-ring (bicyclic) bond motifs is 1. The van der Waals surface area contributed by atoms with Crippen molar-refractivity contribution in [3.05, 3.63) is 53.5 Å². The number of amides is 4. The Bertz CT molecular complexity index is 1100. The van der Waals surface area contributed by atoms with Crippen molar-refractivity contribution in [2.45, 2.75) is 25.4 Å². The number of aromatic nitrogens is 2. The molecule has 1 N–H and O–H groups in total. The van der Waals surface area contributed by atoms with Crippen LogP contribution in [0.3, 0.4) is 0 Å². The second-order valence-electron chi connectivity index (χ2n) is 8.15. The van der Waals surface area contributed by atoms with Gasteiger partial charge in [-0.15, -0.1) is 0 Å². The van der Waals surface area contributed by atoms with E-state index in [1.165, 1.54) is 0 Å². The van der Waals surface area contributed by atoms with Crippen LogP contribution < -0.4 is 10.2 Å². The number of nitrogens with one attached hydrogen (secondary N) is 1. The van der Waals surface area contributed by atoms with Crippen LogP contribution in [-0.2, 0) is 16.1 Å². The number of anilines is 1. The largest absolute Gasteiger partial charge is 0.353 e. The quantitative estimate of drug-likeness (QED) is 0.679. The highest BCUT2D eigenvalue weighted by Crippen LogP contribution is 2.28. The summed E-state index contributed by atoms with van der Waals surface area (Å²) in [7, 11) is 0. The van der Waals surface area contributed by atoms with E-state index in [1.807, 2.05) is 6.07 Å². The molecule has 0 aliphatic carbocycles. The summed E-state index contributed by atoms with van der Waals surface area (Å²) in [4.78, 5) is 63.3. The molecule has 1 unspecified atom stereocenters. The Hall–Kier alpha value is -3.66. The Morgan fingerprint density at radius 3 is 2.47 bits per heavy atom. The number of rotatable bonds is 4. The molecular formula is C22H22N6O4. The number of hydrogen-bond donors (Lipinski definition) is 1. The van der Waals surface area contributed by atoms with Crippen LogP contribution >= 0.6 is 0 Å². The zero-order chi connectivity index (χ0) is 22.2. The number of carbonyl (C=O) groups excluding carboxylic acids is 4. The average Bonchev–Trinajstić information content (AvgIpc) is 3.05. The molecular weight excluding hydrogens is 412 g/mol. The fourth-order valence-corrected chi connectivity index (χ4v) is 4.46. The molecule has 0 bridgehead atoms. The summed E-state index contributed by atoms with van der Waals surface area (Å²) in [5, 5.41) is 2.21. The summed E-state index contributed by atoms with van der Waals surface area (Å²) < 4.78 is 0. The lowest BCUT2D eigenvalue weighted by atomic mass is 10.0. The Kier molecular flexibility index (Phi) is 5.14. The number of benzene rings is 1. The van der Waals surface area contributed by atoms with Crippen LogP contribution in [0, 0.1) is 0 Å². The Morgan fingerprint density at radius 1 is 0.969 bits per heavy atom. The molecule has 3 aliphatic rings. The third-order valence-electron chi connectivity index (χ3n) is 6.16. The van der Waals surface area contributed by atoms with Crippen molar-refractivity contribution >= 4 is 29.4 Å². The lowest BCUT2D eigenvalue weighted by Crippen LogP contribution is -2.54. The van der Waals surface area contributed by atoms with E-state index in [-0.39, 0.29) is 18.7 Å². The fourth-order valence-electron chi connectivity index (χ4n) is 4.46. The summed E-state index contributed by atoms with van der Waals surface area (Å²) in [6.45, 7) is 3.97. The summed E-state index contributed by atoms with van der Waals surface area (Å²) in [6.07, 6.45) is 5.35. The van der Waals surface area contributed by atoms with Gasteiger partial charge in [0, 0.05) is 51.5 Å². The second kappa shape index (κ2) is 8.12. The van der Waals surface area contributed by atoms with Crippen molar-refractivity contribution in [1.82, 2.24) is 25.1 Å². The van der Waals surface area contributed by atoms with Crippen LogP contribution in [0.5, 0.6) is 0 Å². The summed E-state index contributed by atoms with van der Waals surface area (Å²) in [6, 6.07) is 4.31. The van der Waals surface area contributed by atoms with E-state index < -0.39 is 23.8 Å². The zero-order valence-corrected chi connectivity index (χ0v) is 17.4. The summed E-state index contributed by atoms with van der Waals surface area (Å²) in [5.41, 5.74) is 1.55. The van der Waals surface area contributed by atoms with Gasteiger partial charge in [-0.3, -0.25) is 39.3 Å². The predicted molar refractivity (Wildman–Crippen MR) is 113 cm³/mol. The molecule has 0 radical (unpaired) electrons. The van der Waals surface area contributed by atoms with Crippen molar-refractivity contribution in [3.8, 4) is 0 Å². The van der Waals surface area contributed by atoms with Gasteiger partial charge in [0.05, 0.1) is 17.3 Å². The van der Waals surface area contributed by atoms with Crippen LogP contribution in [0.4, 0.5) is 5.82 Å². The maximum absolute atomic E-state index is 13.0. The molecule has 164 valence electrons. The highest BCUT2D eigenvalue weighted by Gasteiger charge is 2.44. The molecule has 4 heterocycles. The Morgan fingerprint density at radius 2 is 1.75 bits per heavy atom. The van der Waals surface area contributed by atoms with Gasteiger partial charge in [0.2, 0.25) is 11.8 Å². The molecule has 4 amide bonds. The van der Waals surface area contributed by atoms with Gasteiger partial charge in [-0.2, -0.15) is 0 Å². The molecule has 3 aliphatic heterocycles. The average molecular weight is 434 g/mol. The molecule has 1 aromatic heterocycles. The van der Waals surface area contributed by atoms with E-state index in [2.05, 4.69) is 25.1 Å². The van der Waals surface area contributed by atoms with Crippen LogP contribution in [0.15, 0.2) is 36.8 Å². The SMILES string of the molecule is O=C1CCC(N2C(=O)c3ccc(CN4CCN(c5cnccn5)CC4)cc3C2=O)C(=O)N1. The summed E-state index contributed by atoms with van der Waals surface area (Å²) in [5.74, 6) is -1.08. The van der Waals surface area contributed by atoms with Crippen molar-refractivity contribution in [3.63, 3.8) is 0 Å². The van der Waals surface area contributed by atoms with Gasteiger partial charge in [0.1, 0.15) is 11.9 Å². The maximum Gasteiger partial charge on any atom is 0.262 e. The molecule has 2 fully saturated rings. The highest BCUT2D eigenvalue weighted by atomic mass is 16.2. The predicted octanol–water partition coefficient (Wildman–Crippen LogP) is 0.200. The molecule has 2 aromatic rings. The first-order chi connectivity index (χ1) is 15.5. The van der Waals surface area contributed by atoms with E-state index in [1.54, 1.807) is 30.7 Å². The fraction of sp³-hybridized carbons (Fsp3) is 0.364. The second-order valence-corrected chi connectivity index (χ2v) is 8.15. The minimum absolute atomic E-state index is 0.107. The van der Waals surface area contributed by atoms with Gasteiger partial charge in [0.15, 0.2) is 0 Å². The number of carbonyl (C=O) groups is 4. The van der Waals surface area contributed by atoms with E-state index in [0.29, 0.717) is 17.7 Å². The van der Waals surface area contributed by atoms with Gasteiger partial charge in [-0.1, -0.05) is 6.07 Å². The van der Waals surface area contributed by atoms with E-state index in [4.69, 9.17) is 0 Å². The van der Waals surface area contributed by atoms with Gasteiger partial charge in [-0.05, 0) is 24.1 Å².